The fourth-order valence-electron chi connectivity index (χ4n) is 1.62. The van der Waals surface area contributed by atoms with E-state index >= 15 is 0 Å². The molecule has 1 aliphatic heterocycles. The molecule has 0 saturated carbocycles. The van der Waals surface area contributed by atoms with Crippen molar-refractivity contribution in [1.29, 1.82) is 0 Å². The molecule has 0 aliphatic carbocycles. The van der Waals surface area contributed by atoms with Gasteiger partial charge in [0.05, 0.1) is 0 Å². The van der Waals surface area contributed by atoms with E-state index in [0.29, 0.717) is 0 Å². The van der Waals surface area contributed by atoms with Gasteiger partial charge in [-0.2, -0.15) is 5.48 Å². The average Bonchev–Trinajstić information content (AvgIpc) is 2.81. The number of aromatic amines is 1. The molecule has 166 valence electrons. The van der Waals surface area contributed by atoms with Crippen LogP contribution in [0.3, 0.4) is 0 Å². The molecule has 1 saturated heterocycles. The van der Waals surface area contributed by atoms with Gasteiger partial charge in [-0.05, 0) is 0 Å². The van der Waals surface area contributed by atoms with Gasteiger partial charge in [-0.1, -0.05) is 0 Å². The highest BCUT2D eigenvalue weighted by Crippen LogP contribution is 2.26. The van der Waals surface area contributed by atoms with E-state index in [9.17, 15) is 19.8 Å². The number of nitrogens with one attached hydrogen (secondary N) is 2. The summed E-state index contributed by atoms with van der Waals surface area (Å²) in [6.07, 6.45) is -4.10. The van der Waals surface area contributed by atoms with Gasteiger partial charge in [0.2, 0.25) is 0 Å². The lowest BCUT2D eigenvalue weighted by molar-refractivity contribution is -0.135. The number of aliphatic carboxylic acids is 3. The van der Waals surface area contributed by atoms with Crippen molar-refractivity contribution < 1.29 is 49.9 Å². The van der Waals surface area contributed by atoms with Crippen LogP contribution >= 0.6 is 0 Å². The van der Waals surface area contributed by atoms with Crippen LogP contribution in [-0.2, 0) is 19.1 Å². The minimum atomic E-state index is -1.41. The highest BCUT2D eigenvalue weighted by Gasteiger charge is 2.44. The molecular weight excluding hydrogens is 402 g/mol. The largest absolute Gasteiger partial charge is 0.481 e. The second-order valence-electron chi connectivity index (χ2n) is 5.13. The Bertz CT molecular complexity index is 733. The van der Waals surface area contributed by atoms with E-state index in [-0.39, 0.29) is 0 Å². The summed E-state index contributed by atoms with van der Waals surface area (Å²) in [5, 5.41) is 50.0. The summed E-state index contributed by atoms with van der Waals surface area (Å²) in [4.78, 5) is 51.3. The van der Waals surface area contributed by atoms with Crippen LogP contribution in [-0.4, -0.2) is 76.6 Å². The highest BCUT2D eigenvalue weighted by molar-refractivity contribution is 5.63. The fraction of sp³-hybridized carbons (Fsp3) is 0.500. The second kappa shape index (κ2) is 14.0. The van der Waals surface area contributed by atoms with Gasteiger partial charge >= 0.3 is 5.69 Å². The zero-order valence-corrected chi connectivity index (χ0v) is 15.5. The number of aliphatic hydroxyl groups is 2. The van der Waals surface area contributed by atoms with Gasteiger partial charge in [0, 0.05) is 33.0 Å². The van der Waals surface area contributed by atoms with E-state index in [1.165, 1.54) is 0 Å². The average molecular weight is 425 g/mol. The topological polar surface area (TPSA) is 249 Å². The Morgan fingerprint density at radius 1 is 1.00 bits per heavy atom. The van der Waals surface area contributed by atoms with E-state index in [1.54, 1.807) is 5.48 Å². The number of nitrogens with zero attached hydrogens (tertiary/aromatic N) is 1. The van der Waals surface area contributed by atoms with Crippen LogP contribution in [0.25, 0.3) is 0 Å². The van der Waals surface area contributed by atoms with Crippen molar-refractivity contribution in [2.24, 2.45) is 0 Å². The molecule has 15 nitrogen and oxygen atoms in total. The van der Waals surface area contributed by atoms with E-state index in [4.69, 9.17) is 39.6 Å². The lowest BCUT2D eigenvalue weighted by Gasteiger charge is -2.16. The van der Waals surface area contributed by atoms with Crippen molar-refractivity contribution >= 4 is 17.9 Å². The van der Waals surface area contributed by atoms with E-state index in [1.807, 2.05) is 4.98 Å². The first kappa shape index (κ1) is 28.1. The number of carboxylic acid groups (broad SMARTS) is 3. The molecule has 15 heteroatoms. The molecule has 1 aromatic rings. The zero-order chi connectivity index (χ0) is 23.3. The smallest absolute Gasteiger partial charge is 0.330 e. The van der Waals surface area contributed by atoms with Crippen molar-refractivity contribution in [1.82, 2.24) is 15.0 Å². The molecule has 0 radical (unpaired) electrons. The van der Waals surface area contributed by atoms with Crippen LogP contribution in [0.1, 0.15) is 27.0 Å². The number of H-pyrrole nitrogens is 1. The summed E-state index contributed by atoms with van der Waals surface area (Å²) in [6, 6.07) is 1.07. The third-order valence-corrected chi connectivity index (χ3v) is 2.49. The van der Waals surface area contributed by atoms with E-state index < -0.39 is 53.8 Å². The minimum absolute atomic E-state index is 0.587. The molecule has 1 fully saturated rings. The van der Waals surface area contributed by atoms with Crippen LogP contribution < -0.4 is 16.7 Å². The van der Waals surface area contributed by atoms with Crippen LogP contribution in [0.4, 0.5) is 0 Å². The summed E-state index contributed by atoms with van der Waals surface area (Å²) in [5.74, 6) is -2.50. The van der Waals surface area contributed by atoms with Crippen molar-refractivity contribution in [2.45, 2.75) is 45.4 Å². The Morgan fingerprint density at radius 2 is 1.41 bits per heavy atom. The number of ether oxygens (including phenoxy) is 1. The normalized spacial score (nSPS) is 21.9. The van der Waals surface area contributed by atoms with E-state index in [0.717, 1.165) is 37.6 Å². The van der Waals surface area contributed by atoms with Crippen molar-refractivity contribution in [2.75, 3.05) is 0 Å². The van der Waals surface area contributed by atoms with Crippen LogP contribution in [0, 0.1) is 0 Å². The zero-order valence-electron chi connectivity index (χ0n) is 15.5. The predicted molar refractivity (Wildman–Crippen MR) is 92.1 cm³/mol. The van der Waals surface area contributed by atoms with Gasteiger partial charge < -0.3 is 35.5 Å². The quantitative estimate of drug-likeness (QED) is 0.226. The fourth-order valence-corrected chi connectivity index (χ4v) is 1.62. The lowest BCUT2D eigenvalue weighted by atomic mass is 10.2. The van der Waals surface area contributed by atoms with Gasteiger partial charge in [-0.3, -0.25) is 28.7 Å². The lowest BCUT2D eigenvalue weighted by Crippen LogP contribution is -2.39. The molecule has 2 heterocycles. The molecular formula is C14H23N3O12. The number of hydrogen-bond acceptors (Lipinski definition) is 10. The summed E-state index contributed by atoms with van der Waals surface area (Å²) in [5.41, 5.74) is 0.283. The molecule has 0 aromatic carbocycles. The van der Waals surface area contributed by atoms with Gasteiger partial charge in [-0.15, -0.1) is 0 Å². The van der Waals surface area contributed by atoms with E-state index in [2.05, 4.69) is 0 Å². The molecule has 29 heavy (non-hydrogen) atoms. The van der Waals surface area contributed by atoms with Crippen molar-refractivity contribution in [3.8, 4) is 0 Å². The maximum absolute atomic E-state index is 11.4. The molecule has 1 aromatic heterocycles. The number of hydrogen-bond donors (Lipinski definition) is 8. The van der Waals surface area contributed by atoms with Crippen LogP contribution in [0.15, 0.2) is 21.9 Å². The summed E-state index contributed by atoms with van der Waals surface area (Å²) in [6.45, 7) is 3.25. The number of carboxylic acids is 3. The van der Waals surface area contributed by atoms with Gasteiger partial charge in [0.15, 0.2) is 12.5 Å². The summed E-state index contributed by atoms with van der Waals surface area (Å²) in [7, 11) is 0. The summed E-state index contributed by atoms with van der Waals surface area (Å²) < 4.78 is 5.93. The number of aliphatic hydroxyl groups excluding tert-OH is 2. The molecule has 0 unspecified atom stereocenters. The third kappa shape index (κ3) is 12.8. The molecule has 1 aliphatic rings. The summed E-state index contributed by atoms with van der Waals surface area (Å²) >= 11 is 0. The maximum atomic E-state index is 11.4. The number of rotatable bonds is 2. The van der Waals surface area contributed by atoms with Crippen molar-refractivity contribution in [3.63, 3.8) is 0 Å². The van der Waals surface area contributed by atoms with Gasteiger partial charge in [0.25, 0.3) is 23.5 Å². The SMILES string of the molecule is CC(=O)O.CC(=O)O.CC(=O)O.O=c1ccn([C@@H]2O[C@H](NO)[C@@H](O)[C@H]2O)c(=O)[nH]1. The third-order valence-electron chi connectivity index (χ3n) is 2.49. The van der Waals surface area contributed by atoms with Crippen LogP contribution in [0.5, 0.6) is 0 Å². The first-order valence-electron chi connectivity index (χ1n) is 7.55. The number of carbonyl (C=O) groups is 3. The van der Waals surface area contributed by atoms with Crippen molar-refractivity contribution in [3.05, 3.63) is 33.1 Å². The van der Waals surface area contributed by atoms with Crippen LogP contribution in [0.2, 0.25) is 0 Å². The Labute approximate surface area is 162 Å². The monoisotopic (exact) mass is 425 g/mol. The first-order valence-corrected chi connectivity index (χ1v) is 7.55. The molecule has 0 amide bonds. The molecule has 8 N–H and O–H groups in total. The molecule has 0 spiro atoms. The number of hydroxylamine groups is 1. The van der Waals surface area contributed by atoms with Gasteiger partial charge in [0.1, 0.15) is 12.2 Å². The highest BCUT2D eigenvalue weighted by atomic mass is 16.6. The Balaban J connectivity index is 0. The molecule has 4 atom stereocenters. The second-order valence-corrected chi connectivity index (χ2v) is 5.13. The van der Waals surface area contributed by atoms with Gasteiger partial charge in [-0.25, -0.2) is 4.79 Å². The Kier molecular flexibility index (Phi) is 13.5. The Morgan fingerprint density at radius 3 is 1.72 bits per heavy atom. The number of aromatic nitrogens is 2. The minimum Gasteiger partial charge on any atom is -0.481 e. The standard InChI is InChI=1S/C8H11N3O6.3C2H4O2/c12-3-1-2-11(8(15)9-3)7-5(14)4(13)6(10-16)17-7;3*1-2(3)4/h1-2,4-7,10,13-14,16H,(H,9,12,15);3*1H3,(H,3,4)/t4-,5+,6-,7+;;;/m0.../s1. The molecule has 2 rings (SSSR count). The maximum Gasteiger partial charge on any atom is 0.330 e. The molecule has 0 bridgehead atoms. The first-order chi connectivity index (χ1) is 13.2. The predicted octanol–water partition coefficient (Wildman–Crippen LogP) is -2.64. The Hall–Kier alpha value is -3.11.